The highest BCUT2D eigenvalue weighted by atomic mass is 28.3. The van der Waals surface area contributed by atoms with Gasteiger partial charge in [0.1, 0.15) is 8.24 Å². The molecule has 0 aliphatic carbocycles. The minimum atomic E-state index is -0.979. The van der Waals surface area contributed by atoms with E-state index in [1.165, 1.54) is 26.2 Å². The standard InChI is InChI=1S/C8H20N2Si/c1-9-5-7-10(8-6-9)11(2,3)4/h5-8H2,1-4H3. The van der Waals surface area contributed by atoms with Gasteiger partial charge in [-0.3, -0.25) is 0 Å². The summed E-state index contributed by atoms with van der Waals surface area (Å²) in [4.78, 5) is 2.41. The van der Waals surface area contributed by atoms with Crippen molar-refractivity contribution in [1.29, 1.82) is 0 Å². The summed E-state index contributed by atoms with van der Waals surface area (Å²) in [5.41, 5.74) is 0. The lowest BCUT2D eigenvalue weighted by molar-refractivity contribution is 0.217. The molecule has 0 saturated carbocycles. The second-order valence-electron chi connectivity index (χ2n) is 4.46. The van der Waals surface area contributed by atoms with E-state index in [2.05, 4.69) is 36.2 Å². The van der Waals surface area contributed by atoms with Gasteiger partial charge in [-0.1, -0.05) is 19.6 Å². The van der Waals surface area contributed by atoms with Crippen LogP contribution in [0, 0.1) is 0 Å². The van der Waals surface area contributed by atoms with Crippen molar-refractivity contribution in [3.05, 3.63) is 0 Å². The average molecular weight is 172 g/mol. The van der Waals surface area contributed by atoms with E-state index in [-0.39, 0.29) is 0 Å². The molecule has 0 bridgehead atoms. The van der Waals surface area contributed by atoms with Crippen LogP contribution in [0.3, 0.4) is 0 Å². The normalized spacial score (nSPS) is 24.0. The fraction of sp³-hybridized carbons (Fsp3) is 1.00. The fourth-order valence-corrected chi connectivity index (χ4v) is 3.02. The highest BCUT2D eigenvalue weighted by molar-refractivity contribution is 6.73. The molecular formula is C8H20N2Si. The molecule has 0 radical (unpaired) electrons. The minimum Gasteiger partial charge on any atom is -0.321 e. The van der Waals surface area contributed by atoms with Gasteiger partial charge in [0.25, 0.3) is 0 Å². The van der Waals surface area contributed by atoms with Gasteiger partial charge in [-0.2, -0.15) is 0 Å². The third-order valence-corrected chi connectivity index (χ3v) is 4.80. The van der Waals surface area contributed by atoms with Gasteiger partial charge in [-0.25, -0.2) is 0 Å². The maximum atomic E-state index is 2.69. The van der Waals surface area contributed by atoms with E-state index in [9.17, 15) is 0 Å². The largest absolute Gasteiger partial charge is 0.321 e. The molecule has 0 aromatic rings. The van der Waals surface area contributed by atoms with Crippen molar-refractivity contribution in [1.82, 2.24) is 9.47 Å². The topological polar surface area (TPSA) is 6.48 Å². The van der Waals surface area contributed by atoms with Gasteiger partial charge in [0.05, 0.1) is 0 Å². The van der Waals surface area contributed by atoms with E-state index < -0.39 is 8.24 Å². The number of piperazine rings is 1. The number of rotatable bonds is 1. The third kappa shape index (κ3) is 2.58. The second-order valence-corrected chi connectivity index (χ2v) is 9.44. The Hall–Kier alpha value is 0.137. The molecule has 0 unspecified atom stereocenters. The summed E-state index contributed by atoms with van der Waals surface area (Å²) in [6.07, 6.45) is 0. The smallest absolute Gasteiger partial charge is 0.119 e. The van der Waals surface area contributed by atoms with Crippen LogP contribution in [0.2, 0.25) is 19.6 Å². The van der Waals surface area contributed by atoms with Crippen LogP contribution in [-0.2, 0) is 0 Å². The molecule has 1 heterocycles. The summed E-state index contributed by atoms with van der Waals surface area (Å²) >= 11 is 0. The minimum absolute atomic E-state index is 0.979. The Morgan fingerprint density at radius 1 is 0.909 bits per heavy atom. The van der Waals surface area contributed by atoms with Crippen molar-refractivity contribution < 1.29 is 0 Å². The Kier molecular flexibility index (Phi) is 2.73. The third-order valence-electron chi connectivity index (χ3n) is 2.45. The summed E-state index contributed by atoms with van der Waals surface area (Å²) in [5, 5.41) is 0. The Bertz CT molecular complexity index is 123. The first-order valence-corrected chi connectivity index (χ1v) is 7.88. The van der Waals surface area contributed by atoms with Crippen molar-refractivity contribution in [2.45, 2.75) is 19.6 Å². The van der Waals surface area contributed by atoms with Gasteiger partial charge >= 0.3 is 0 Å². The molecule has 66 valence electrons. The zero-order valence-corrected chi connectivity index (χ0v) is 9.22. The molecule has 1 saturated heterocycles. The zero-order chi connectivity index (χ0) is 8.48. The van der Waals surface area contributed by atoms with Gasteiger partial charge in [-0.05, 0) is 7.05 Å². The Labute approximate surface area is 71.3 Å². The van der Waals surface area contributed by atoms with E-state index >= 15 is 0 Å². The van der Waals surface area contributed by atoms with Gasteiger partial charge in [0.15, 0.2) is 0 Å². The van der Waals surface area contributed by atoms with Gasteiger partial charge in [0.2, 0.25) is 0 Å². The summed E-state index contributed by atoms with van der Waals surface area (Å²) < 4.78 is 2.69. The molecule has 1 aliphatic rings. The number of nitrogens with zero attached hydrogens (tertiary/aromatic N) is 2. The zero-order valence-electron chi connectivity index (χ0n) is 8.22. The van der Waals surface area contributed by atoms with Crippen LogP contribution in [0.1, 0.15) is 0 Å². The SMILES string of the molecule is CN1CCN([Si](C)(C)C)CC1. The summed E-state index contributed by atoms with van der Waals surface area (Å²) in [6, 6.07) is 0. The summed E-state index contributed by atoms with van der Waals surface area (Å²) in [7, 11) is 1.23. The first-order chi connectivity index (χ1) is 5.00. The van der Waals surface area contributed by atoms with E-state index in [0.29, 0.717) is 0 Å². The molecule has 1 fully saturated rings. The van der Waals surface area contributed by atoms with Crippen LogP contribution < -0.4 is 0 Å². The molecule has 11 heavy (non-hydrogen) atoms. The van der Waals surface area contributed by atoms with E-state index in [1.54, 1.807) is 0 Å². The van der Waals surface area contributed by atoms with E-state index in [4.69, 9.17) is 0 Å². The van der Waals surface area contributed by atoms with Gasteiger partial charge in [-0.15, -0.1) is 0 Å². The maximum absolute atomic E-state index is 2.69. The predicted octanol–water partition coefficient (Wildman–Crippen LogP) is 1.07. The number of likely N-dealkylation sites (N-methyl/N-ethyl adjacent to an activating group) is 1. The van der Waals surface area contributed by atoms with Gasteiger partial charge in [0, 0.05) is 26.2 Å². The van der Waals surface area contributed by atoms with Crippen molar-refractivity contribution in [2.24, 2.45) is 0 Å². The molecule has 0 aromatic carbocycles. The van der Waals surface area contributed by atoms with Crippen LogP contribution in [0.4, 0.5) is 0 Å². The molecule has 1 aliphatic heterocycles. The number of hydrogen-bond donors (Lipinski definition) is 0. The average Bonchev–Trinajstić information content (AvgIpc) is 1.86. The first-order valence-electron chi connectivity index (χ1n) is 4.44. The molecule has 2 nitrogen and oxygen atoms in total. The maximum Gasteiger partial charge on any atom is 0.119 e. The monoisotopic (exact) mass is 172 g/mol. The van der Waals surface area contributed by atoms with Gasteiger partial charge < -0.3 is 9.47 Å². The van der Waals surface area contributed by atoms with Crippen LogP contribution in [0.5, 0.6) is 0 Å². The molecule has 0 amide bonds. The molecular weight excluding hydrogens is 152 g/mol. The summed E-state index contributed by atoms with van der Waals surface area (Å²) in [6.45, 7) is 12.4. The highest BCUT2D eigenvalue weighted by Gasteiger charge is 2.25. The lowest BCUT2D eigenvalue weighted by Gasteiger charge is -2.40. The van der Waals surface area contributed by atoms with E-state index in [0.717, 1.165) is 0 Å². The first kappa shape index (κ1) is 9.23. The summed E-state index contributed by atoms with van der Waals surface area (Å²) in [5.74, 6) is 0. The van der Waals surface area contributed by atoms with Crippen LogP contribution in [-0.4, -0.2) is 50.9 Å². The van der Waals surface area contributed by atoms with E-state index in [1.807, 2.05) is 0 Å². The molecule has 3 heteroatoms. The molecule has 1 rings (SSSR count). The predicted molar refractivity (Wildman–Crippen MR) is 52.4 cm³/mol. The van der Waals surface area contributed by atoms with Crippen molar-refractivity contribution >= 4 is 8.24 Å². The molecule has 0 atom stereocenters. The fourth-order valence-electron chi connectivity index (χ4n) is 1.48. The van der Waals surface area contributed by atoms with Crippen LogP contribution >= 0.6 is 0 Å². The Balaban J connectivity index is 2.39. The Morgan fingerprint density at radius 3 is 1.73 bits per heavy atom. The molecule has 0 aromatic heterocycles. The lowest BCUT2D eigenvalue weighted by Crippen LogP contribution is -2.55. The van der Waals surface area contributed by atoms with Crippen LogP contribution in [0.15, 0.2) is 0 Å². The number of hydrogen-bond acceptors (Lipinski definition) is 2. The second kappa shape index (κ2) is 3.25. The van der Waals surface area contributed by atoms with Crippen molar-refractivity contribution in [3.8, 4) is 0 Å². The van der Waals surface area contributed by atoms with Crippen LogP contribution in [0.25, 0.3) is 0 Å². The quantitative estimate of drug-likeness (QED) is 0.546. The molecule has 0 N–H and O–H groups in total. The highest BCUT2D eigenvalue weighted by Crippen LogP contribution is 2.11. The Morgan fingerprint density at radius 2 is 1.36 bits per heavy atom. The molecule has 0 spiro atoms. The van der Waals surface area contributed by atoms with Crippen molar-refractivity contribution in [2.75, 3.05) is 33.2 Å². The van der Waals surface area contributed by atoms with Crippen molar-refractivity contribution in [3.63, 3.8) is 0 Å². The lowest BCUT2D eigenvalue weighted by atomic mass is 10.4.